The fraction of sp³-hybridized carbons (Fsp3) is 0.444. The molecule has 1 aliphatic heterocycles. The average Bonchev–Trinajstić information content (AvgIpc) is 3.26. The van der Waals surface area contributed by atoms with E-state index in [9.17, 15) is 9.59 Å². The van der Waals surface area contributed by atoms with Gasteiger partial charge in [-0.15, -0.1) is 0 Å². The van der Waals surface area contributed by atoms with E-state index in [-0.39, 0.29) is 17.3 Å². The number of pyridine rings is 1. The summed E-state index contributed by atoms with van der Waals surface area (Å²) < 4.78 is 9.70. The zero-order valence-electron chi connectivity index (χ0n) is 21.4. The molecule has 4 heterocycles. The molecule has 1 fully saturated rings. The third kappa shape index (κ3) is 5.23. The van der Waals surface area contributed by atoms with Crippen molar-refractivity contribution in [3.63, 3.8) is 0 Å². The minimum absolute atomic E-state index is 0.0193. The van der Waals surface area contributed by atoms with Crippen molar-refractivity contribution in [2.75, 3.05) is 19.7 Å². The summed E-state index contributed by atoms with van der Waals surface area (Å²) in [6.07, 6.45) is 5.22. The lowest BCUT2D eigenvalue weighted by Crippen LogP contribution is -2.39. The van der Waals surface area contributed by atoms with Crippen molar-refractivity contribution in [3.8, 4) is 0 Å². The fourth-order valence-corrected chi connectivity index (χ4v) is 5.80. The number of H-pyrrole nitrogens is 1. The number of benzene rings is 1. The number of hydrogen-bond donors (Lipinski definition) is 1. The Bertz CT molecular complexity index is 1460. The fourth-order valence-electron chi connectivity index (χ4n) is 5.05. The van der Waals surface area contributed by atoms with E-state index in [0.29, 0.717) is 17.6 Å². The summed E-state index contributed by atoms with van der Waals surface area (Å²) in [7, 11) is -1.17. The van der Waals surface area contributed by atoms with Gasteiger partial charge in [0.25, 0.3) is 5.56 Å². The van der Waals surface area contributed by atoms with Crippen LogP contribution in [0.1, 0.15) is 24.4 Å². The normalized spacial score (nSPS) is 15.8. The number of nitrogens with zero attached hydrogens (tertiary/aromatic N) is 4. The van der Waals surface area contributed by atoms with Crippen molar-refractivity contribution in [2.24, 2.45) is 0 Å². The number of nitrogens with one attached hydrogen (secondary N) is 1. The molecular weight excluding hydrogens is 470 g/mol. The molecule has 9 heteroatoms. The van der Waals surface area contributed by atoms with Crippen molar-refractivity contribution < 1.29 is 4.74 Å². The van der Waals surface area contributed by atoms with Crippen LogP contribution >= 0.6 is 0 Å². The number of fused-ring (bicyclic) bond motifs is 3. The van der Waals surface area contributed by atoms with Crippen LogP contribution < -0.4 is 11.2 Å². The van der Waals surface area contributed by atoms with Crippen LogP contribution in [0.2, 0.25) is 25.7 Å². The first-order valence-electron chi connectivity index (χ1n) is 12.8. The van der Waals surface area contributed by atoms with Crippen LogP contribution in [0.15, 0.2) is 58.4 Å². The van der Waals surface area contributed by atoms with Crippen molar-refractivity contribution >= 4 is 30.0 Å². The molecule has 0 saturated carbocycles. The van der Waals surface area contributed by atoms with Crippen LogP contribution in [0, 0.1) is 0 Å². The van der Waals surface area contributed by atoms with Gasteiger partial charge in [-0.25, -0.2) is 9.78 Å². The molecule has 1 N–H and O–H groups in total. The summed E-state index contributed by atoms with van der Waals surface area (Å²) in [6, 6.07) is 13.5. The number of likely N-dealkylation sites (tertiary alicyclic amines) is 1. The molecule has 0 spiro atoms. The van der Waals surface area contributed by atoms with Crippen LogP contribution in [0.4, 0.5) is 0 Å². The second kappa shape index (κ2) is 10.2. The van der Waals surface area contributed by atoms with Crippen molar-refractivity contribution in [1.29, 1.82) is 0 Å². The third-order valence-electron chi connectivity index (χ3n) is 7.08. The van der Waals surface area contributed by atoms with Gasteiger partial charge in [-0.2, -0.15) is 0 Å². The van der Waals surface area contributed by atoms with Crippen molar-refractivity contribution in [2.45, 2.75) is 57.8 Å². The van der Waals surface area contributed by atoms with E-state index in [1.165, 1.54) is 5.56 Å². The van der Waals surface area contributed by atoms with Crippen molar-refractivity contribution in [1.82, 2.24) is 24.0 Å². The number of ether oxygens (including phenoxy) is 1. The van der Waals surface area contributed by atoms with Crippen LogP contribution in [0.3, 0.4) is 0 Å². The Balaban J connectivity index is 1.42. The number of piperidine rings is 1. The van der Waals surface area contributed by atoms with E-state index in [1.807, 2.05) is 22.9 Å². The molecule has 3 aromatic heterocycles. The van der Waals surface area contributed by atoms with Crippen LogP contribution in [0.25, 0.3) is 21.9 Å². The zero-order valence-corrected chi connectivity index (χ0v) is 22.4. The maximum atomic E-state index is 13.1. The molecule has 190 valence electrons. The molecule has 0 atom stereocenters. The van der Waals surface area contributed by atoms with Gasteiger partial charge in [0.2, 0.25) is 0 Å². The van der Waals surface area contributed by atoms with Gasteiger partial charge in [-0.1, -0.05) is 50.0 Å². The van der Waals surface area contributed by atoms with Crippen LogP contribution in [0.5, 0.6) is 0 Å². The topological polar surface area (TPSA) is 85.1 Å². The minimum atomic E-state index is -1.17. The first-order chi connectivity index (χ1) is 17.3. The summed E-state index contributed by atoms with van der Waals surface area (Å²) in [5.74, 6) is 0. The summed E-state index contributed by atoms with van der Waals surface area (Å²) in [4.78, 5) is 35.4. The molecule has 0 aliphatic carbocycles. The lowest BCUT2D eigenvalue weighted by Gasteiger charge is -2.33. The van der Waals surface area contributed by atoms with Crippen molar-refractivity contribution in [3.05, 3.63) is 75.2 Å². The number of rotatable bonds is 8. The first kappa shape index (κ1) is 24.7. The molecular formula is C27H35N5O3Si. The molecule has 1 aliphatic rings. The number of aromatic nitrogens is 4. The molecule has 36 heavy (non-hydrogen) atoms. The zero-order chi connectivity index (χ0) is 25.3. The summed E-state index contributed by atoms with van der Waals surface area (Å²) in [5, 5.41) is 1.27. The molecule has 0 unspecified atom stereocenters. The Morgan fingerprint density at radius 2 is 1.81 bits per heavy atom. The molecule has 0 amide bonds. The van der Waals surface area contributed by atoms with Crippen LogP contribution in [-0.2, 0) is 18.0 Å². The maximum absolute atomic E-state index is 13.1. The highest BCUT2D eigenvalue weighted by Crippen LogP contribution is 2.29. The highest BCUT2D eigenvalue weighted by atomic mass is 28.3. The van der Waals surface area contributed by atoms with E-state index in [1.54, 1.807) is 10.8 Å². The predicted molar refractivity (Wildman–Crippen MR) is 146 cm³/mol. The molecule has 8 nitrogen and oxygen atoms in total. The van der Waals surface area contributed by atoms with Gasteiger partial charge in [0.15, 0.2) is 0 Å². The van der Waals surface area contributed by atoms with E-state index in [0.717, 1.165) is 56.2 Å². The Labute approximate surface area is 211 Å². The van der Waals surface area contributed by atoms with Gasteiger partial charge < -0.3 is 9.30 Å². The highest BCUT2D eigenvalue weighted by molar-refractivity contribution is 6.76. The van der Waals surface area contributed by atoms with E-state index in [2.05, 4.69) is 58.8 Å². The third-order valence-corrected chi connectivity index (χ3v) is 8.79. The average molecular weight is 506 g/mol. The smallest absolute Gasteiger partial charge is 0.329 e. The largest absolute Gasteiger partial charge is 0.361 e. The standard InChI is InChI=1S/C27H35N5O3Si/c1-36(2,3)16-15-35-19-31-14-11-22-24-23(17-28-25(22)31)26(33)29-27(34)32(24)21-9-12-30(13-10-21)18-20-7-5-4-6-8-20/h4-8,11,14,17,21H,9-10,12-13,15-16,18-19H2,1-3H3,(H,29,33,34). The van der Waals surface area contributed by atoms with Gasteiger partial charge >= 0.3 is 5.69 Å². The molecule has 5 rings (SSSR count). The first-order valence-corrected chi connectivity index (χ1v) is 16.5. The lowest BCUT2D eigenvalue weighted by atomic mass is 10.0. The van der Waals surface area contributed by atoms with Gasteiger partial charge in [-0.3, -0.25) is 19.2 Å². The molecule has 0 bridgehead atoms. The van der Waals surface area contributed by atoms with E-state index >= 15 is 0 Å². The Morgan fingerprint density at radius 1 is 1.06 bits per heavy atom. The Morgan fingerprint density at radius 3 is 2.53 bits per heavy atom. The second-order valence-electron chi connectivity index (χ2n) is 11.0. The lowest BCUT2D eigenvalue weighted by molar-refractivity contribution is 0.0899. The summed E-state index contributed by atoms with van der Waals surface area (Å²) >= 11 is 0. The summed E-state index contributed by atoms with van der Waals surface area (Å²) in [5.41, 5.74) is 1.97. The number of hydrogen-bond acceptors (Lipinski definition) is 5. The van der Waals surface area contributed by atoms with E-state index < -0.39 is 8.07 Å². The minimum Gasteiger partial charge on any atom is -0.361 e. The quantitative estimate of drug-likeness (QED) is 0.287. The maximum Gasteiger partial charge on any atom is 0.329 e. The van der Waals surface area contributed by atoms with Crippen LogP contribution in [-0.4, -0.2) is 51.8 Å². The summed E-state index contributed by atoms with van der Waals surface area (Å²) in [6.45, 7) is 10.8. The molecule has 4 aromatic rings. The highest BCUT2D eigenvalue weighted by Gasteiger charge is 2.25. The molecule has 0 radical (unpaired) electrons. The Hall–Kier alpha value is -3.01. The Kier molecular flexibility index (Phi) is 6.96. The number of aromatic amines is 1. The molecule has 1 aromatic carbocycles. The van der Waals surface area contributed by atoms with Gasteiger partial charge in [0.1, 0.15) is 12.4 Å². The van der Waals surface area contributed by atoms with Gasteiger partial charge in [0.05, 0.1) is 10.9 Å². The van der Waals surface area contributed by atoms with E-state index in [4.69, 9.17) is 4.74 Å². The van der Waals surface area contributed by atoms with Gasteiger partial charge in [0, 0.05) is 58.1 Å². The predicted octanol–water partition coefficient (Wildman–Crippen LogP) is 4.19. The van der Waals surface area contributed by atoms with Gasteiger partial charge in [-0.05, 0) is 30.5 Å². The SMILES string of the molecule is C[Si](C)(C)CCOCn1ccc2c1ncc1c(=O)[nH]c(=O)n(C3CCN(Cc4ccccc4)CC3)c12. The molecule has 1 saturated heterocycles. The second-order valence-corrected chi connectivity index (χ2v) is 16.6. The monoisotopic (exact) mass is 505 g/mol.